The van der Waals surface area contributed by atoms with Gasteiger partial charge in [0.2, 0.25) is 5.91 Å². The van der Waals surface area contributed by atoms with Crippen LogP contribution in [-0.4, -0.2) is 22.4 Å². The zero-order valence-electron chi connectivity index (χ0n) is 11.5. The van der Waals surface area contributed by atoms with Crippen molar-refractivity contribution in [3.8, 4) is 0 Å². The van der Waals surface area contributed by atoms with Crippen molar-refractivity contribution < 1.29 is 4.79 Å². The maximum Gasteiger partial charge on any atom is 0.225 e. The molecule has 16 heavy (non-hydrogen) atoms. The van der Waals surface area contributed by atoms with Gasteiger partial charge in [0, 0.05) is 17.5 Å². The molecule has 1 unspecified atom stereocenters. The van der Waals surface area contributed by atoms with Crippen molar-refractivity contribution in [1.29, 1.82) is 0 Å². The normalized spacial score (nSPS) is 24.9. The zero-order valence-corrected chi connectivity index (χ0v) is 11.5. The molecule has 0 bridgehead atoms. The Morgan fingerprint density at radius 1 is 1.44 bits per heavy atom. The molecule has 0 radical (unpaired) electrons. The monoisotopic (exact) mass is 225 g/mol. The quantitative estimate of drug-likeness (QED) is 0.718. The molecule has 1 rings (SSSR count). The molecule has 0 N–H and O–H groups in total. The molecule has 1 amide bonds. The smallest absolute Gasteiger partial charge is 0.225 e. The minimum absolute atomic E-state index is 0.0550. The first-order chi connectivity index (χ1) is 7.40. The molecule has 1 fully saturated rings. The second-order valence-electron chi connectivity index (χ2n) is 6.01. The van der Waals surface area contributed by atoms with E-state index in [0.717, 1.165) is 12.8 Å². The van der Waals surface area contributed by atoms with E-state index in [4.69, 9.17) is 0 Å². The molecule has 2 heteroatoms. The summed E-state index contributed by atoms with van der Waals surface area (Å²) in [7, 11) is 0. The number of carbonyl (C=O) groups is 1. The van der Waals surface area contributed by atoms with Crippen LogP contribution in [0.5, 0.6) is 0 Å². The highest BCUT2D eigenvalue weighted by Crippen LogP contribution is 2.34. The van der Waals surface area contributed by atoms with Gasteiger partial charge in [-0.15, -0.1) is 0 Å². The first kappa shape index (κ1) is 13.5. The van der Waals surface area contributed by atoms with Crippen LogP contribution in [0, 0.1) is 5.92 Å². The molecule has 2 nitrogen and oxygen atoms in total. The summed E-state index contributed by atoms with van der Waals surface area (Å²) in [6.45, 7) is 10.7. The van der Waals surface area contributed by atoms with E-state index in [1.807, 2.05) is 13.8 Å². The summed E-state index contributed by atoms with van der Waals surface area (Å²) in [5, 5.41) is 0. The van der Waals surface area contributed by atoms with Crippen LogP contribution in [0.1, 0.15) is 66.7 Å². The van der Waals surface area contributed by atoms with Gasteiger partial charge in [-0.1, -0.05) is 27.2 Å². The van der Waals surface area contributed by atoms with Crippen LogP contribution in [0.15, 0.2) is 0 Å². The van der Waals surface area contributed by atoms with E-state index in [9.17, 15) is 4.79 Å². The molecule has 0 aromatic rings. The molecule has 1 aliphatic rings. The van der Waals surface area contributed by atoms with E-state index in [1.54, 1.807) is 0 Å². The van der Waals surface area contributed by atoms with Gasteiger partial charge in [-0.05, 0) is 39.5 Å². The summed E-state index contributed by atoms with van der Waals surface area (Å²) in [5.74, 6) is 0.458. The maximum atomic E-state index is 12.3. The second-order valence-corrected chi connectivity index (χ2v) is 6.01. The van der Waals surface area contributed by atoms with Crippen LogP contribution >= 0.6 is 0 Å². The molecule has 94 valence electrons. The van der Waals surface area contributed by atoms with Crippen molar-refractivity contribution in [2.45, 2.75) is 78.3 Å². The van der Waals surface area contributed by atoms with Crippen LogP contribution in [0.3, 0.4) is 0 Å². The molecule has 1 heterocycles. The lowest BCUT2D eigenvalue weighted by Gasteiger charge is -2.49. The maximum absolute atomic E-state index is 12.3. The third kappa shape index (κ3) is 2.78. The number of nitrogens with zero attached hydrogens (tertiary/aromatic N) is 1. The third-order valence-corrected chi connectivity index (χ3v) is 3.70. The first-order valence-electron chi connectivity index (χ1n) is 6.73. The Balaban J connectivity index is 2.88. The van der Waals surface area contributed by atoms with E-state index >= 15 is 0 Å². The SMILES string of the molecule is CCCC1CCCC(C)(C)N1C(=O)C(C)C. The molecule has 0 aromatic heterocycles. The Morgan fingerprint density at radius 3 is 2.56 bits per heavy atom. The first-order valence-corrected chi connectivity index (χ1v) is 6.73. The van der Waals surface area contributed by atoms with Crippen LogP contribution < -0.4 is 0 Å². The Labute approximate surface area is 100 Å². The third-order valence-electron chi connectivity index (χ3n) is 3.70. The highest BCUT2D eigenvalue weighted by molar-refractivity contribution is 5.79. The summed E-state index contributed by atoms with van der Waals surface area (Å²) in [4.78, 5) is 14.5. The second kappa shape index (κ2) is 5.20. The van der Waals surface area contributed by atoms with Gasteiger partial charge in [0.05, 0.1) is 0 Å². The predicted molar refractivity (Wildman–Crippen MR) is 68.3 cm³/mol. The lowest BCUT2D eigenvalue weighted by molar-refractivity contribution is -0.146. The standard InChI is InChI=1S/C14H27NO/c1-6-8-12-9-7-10-14(4,5)15(12)13(16)11(2)3/h11-12H,6-10H2,1-5H3. The van der Waals surface area contributed by atoms with Gasteiger partial charge in [-0.3, -0.25) is 4.79 Å². The van der Waals surface area contributed by atoms with E-state index < -0.39 is 0 Å². The predicted octanol–water partition coefficient (Wildman–Crippen LogP) is 3.60. The summed E-state index contributed by atoms with van der Waals surface area (Å²) in [5.41, 5.74) is 0.0550. The number of amides is 1. The topological polar surface area (TPSA) is 20.3 Å². The molecule has 1 saturated heterocycles. The minimum Gasteiger partial charge on any atom is -0.334 e. The zero-order chi connectivity index (χ0) is 12.3. The van der Waals surface area contributed by atoms with Crippen LogP contribution in [0.4, 0.5) is 0 Å². The Kier molecular flexibility index (Phi) is 4.40. The molecule has 0 spiro atoms. The number of likely N-dealkylation sites (tertiary alicyclic amines) is 1. The Morgan fingerprint density at radius 2 is 2.06 bits per heavy atom. The fourth-order valence-corrected chi connectivity index (χ4v) is 2.88. The van der Waals surface area contributed by atoms with E-state index in [-0.39, 0.29) is 11.5 Å². The van der Waals surface area contributed by atoms with E-state index in [0.29, 0.717) is 11.9 Å². The highest BCUT2D eigenvalue weighted by atomic mass is 16.2. The van der Waals surface area contributed by atoms with Gasteiger partial charge in [0.15, 0.2) is 0 Å². The average Bonchev–Trinajstić information content (AvgIpc) is 2.16. The molecule has 1 atom stereocenters. The molecular weight excluding hydrogens is 198 g/mol. The number of rotatable bonds is 3. The molecular formula is C14H27NO. The van der Waals surface area contributed by atoms with Gasteiger partial charge in [0.25, 0.3) is 0 Å². The van der Waals surface area contributed by atoms with Gasteiger partial charge in [-0.2, -0.15) is 0 Å². The largest absolute Gasteiger partial charge is 0.334 e. The highest BCUT2D eigenvalue weighted by Gasteiger charge is 2.39. The summed E-state index contributed by atoms with van der Waals surface area (Å²) in [6.07, 6.45) is 5.92. The number of hydrogen-bond acceptors (Lipinski definition) is 1. The van der Waals surface area contributed by atoms with Gasteiger partial charge in [0.1, 0.15) is 0 Å². The number of piperidine rings is 1. The van der Waals surface area contributed by atoms with Crippen molar-refractivity contribution in [2.75, 3.05) is 0 Å². The molecule has 0 aliphatic carbocycles. The van der Waals surface area contributed by atoms with Crippen molar-refractivity contribution in [3.05, 3.63) is 0 Å². The Hall–Kier alpha value is -0.530. The number of hydrogen-bond donors (Lipinski definition) is 0. The lowest BCUT2D eigenvalue weighted by Crippen LogP contribution is -2.57. The molecule has 0 aromatic carbocycles. The van der Waals surface area contributed by atoms with Gasteiger partial charge in [-0.25, -0.2) is 0 Å². The van der Waals surface area contributed by atoms with Crippen molar-refractivity contribution in [2.24, 2.45) is 5.92 Å². The van der Waals surface area contributed by atoms with Crippen molar-refractivity contribution in [1.82, 2.24) is 4.90 Å². The van der Waals surface area contributed by atoms with Crippen molar-refractivity contribution >= 4 is 5.91 Å². The van der Waals surface area contributed by atoms with Crippen molar-refractivity contribution in [3.63, 3.8) is 0 Å². The van der Waals surface area contributed by atoms with Crippen LogP contribution in [-0.2, 0) is 4.79 Å². The molecule has 0 saturated carbocycles. The van der Waals surface area contributed by atoms with Crippen LogP contribution in [0.2, 0.25) is 0 Å². The molecule has 1 aliphatic heterocycles. The fourth-order valence-electron chi connectivity index (χ4n) is 2.88. The average molecular weight is 225 g/mol. The van der Waals surface area contributed by atoms with Gasteiger partial charge < -0.3 is 4.90 Å². The minimum atomic E-state index is 0.0550. The van der Waals surface area contributed by atoms with Crippen LogP contribution in [0.25, 0.3) is 0 Å². The lowest BCUT2D eigenvalue weighted by atomic mass is 9.84. The summed E-state index contributed by atoms with van der Waals surface area (Å²) >= 11 is 0. The fraction of sp³-hybridized carbons (Fsp3) is 0.929. The summed E-state index contributed by atoms with van der Waals surface area (Å²) < 4.78 is 0. The van der Waals surface area contributed by atoms with E-state index in [1.165, 1.54) is 19.3 Å². The summed E-state index contributed by atoms with van der Waals surface area (Å²) in [6, 6.07) is 0.476. The van der Waals surface area contributed by atoms with E-state index in [2.05, 4.69) is 25.7 Å². The van der Waals surface area contributed by atoms with Gasteiger partial charge >= 0.3 is 0 Å². The Bertz CT molecular complexity index is 243. The number of carbonyl (C=O) groups excluding carboxylic acids is 1.